The van der Waals surface area contributed by atoms with Crippen LogP contribution in [0.3, 0.4) is 0 Å². The van der Waals surface area contributed by atoms with E-state index < -0.39 is 29.2 Å². The number of aliphatic carboxylic acids is 1. The highest BCUT2D eigenvalue weighted by Gasteiger charge is 2.53. The average Bonchev–Trinajstić information content (AvgIpc) is 3.42. The van der Waals surface area contributed by atoms with Gasteiger partial charge in [-0.05, 0) is 24.0 Å². The van der Waals surface area contributed by atoms with E-state index in [9.17, 15) is 19.5 Å². The molecule has 5 heterocycles. The Morgan fingerprint density at radius 3 is 2.68 bits per heavy atom. The number of amidine groups is 1. The average molecular weight is 675 g/mol. The molecule has 2 aliphatic heterocycles. The van der Waals surface area contributed by atoms with Crippen molar-refractivity contribution in [1.29, 1.82) is 0 Å². The van der Waals surface area contributed by atoms with Gasteiger partial charge in [0.25, 0.3) is 11.8 Å². The number of imidazole rings is 1. The van der Waals surface area contributed by atoms with Crippen LogP contribution in [0.1, 0.15) is 29.7 Å². The number of aromatic nitrogens is 4. The van der Waals surface area contributed by atoms with Crippen LogP contribution >= 0.6 is 23.1 Å². The molecule has 3 aromatic heterocycles. The number of thioether (sulfide) groups is 1. The fourth-order valence-electron chi connectivity index (χ4n) is 5.65. The summed E-state index contributed by atoms with van der Waals surface area (Å²) in [6.07, 6.45) is 7.91. The maximum atomic E-state index is 13.3. The zero-order chi connectivity index (χ0) is 32.8. The number of nitrogens with one attached hydrogen (secondary N) is 1. The largest absolute Gasteiger partial charge is 0.543 e. The van der Waals surface area contributed by atoms with Gasteiger partial charge in [0, 0.05) is 16.7 Å². The normalized spacial score (nSPS) is 19.9. The number of nitrogen functional groups attached to an aromatic ring is 1. The molecule has 15 nitrogen and oxygen atoms in total. The van der Waals surface area contributed by atoms with Crippen molar-refractivity contribution >= 4 is 63.2 Å². The third-order valence-electron chi connectivity index (χ3n) is 8.10. The van der Waals surface area contributed by atoms with Gasteiger partial charge in [-0.1, -0.05) is 29.4 Å². The minimum atomic E-state index is -1.46. The fourth-order valence-corrected chi connectivity index (χ4v) is 7.53. The van der Waals surface area contributed by atoms with Crippen molar-refractivity contribution in [1.82, 2.24) is 24.4 Å². The van der Waals surface area contributed by atoms with Crippen molar-refractivity contribution in [3.63, 3.8) is 0 Å². The molecule has 1 saturated carbocycles. The number of nitrogens with zero attached hydrogens (tertiary/aromatic N) is 7. The number of fused-ring (bicyclic) bond motifs is 2. The van der Waals surface area contributed by atoms with E-state index in [1.807, 2.05) is 58.1 Å². The van der Waals surface area contributed by atoms with Gasteiger partial charge in [0.15, 0.2) is 17.0 Å². The highest BCUT2D eigenvalue weighted by Crippen LogP contribution is 2.40. The summed E-state index contributed by atoms with van der Waals surface area (Å²) in [5, 5.41) is 19.9. The number of carbonyl (C=O) groups excluding carboxylic acids is 3. The molecule has 1 aliphatic carbocycles. The van der Waals surface area contributed by atoms with Crippen molar-refractivity contribution in [2.75, 3.05) is 18.6 Å². The predicted octanol–water partition coefficient (Wildman–Crippen LogP) is -0.562. The Kier molecular flexibility index (Phi) is 7.93. The smallest absolute Gasteiger partial charge is 0.307 e. The summed E-state index contributed by atoms with van der Waals surface area (Å²) >= 11 is 2.48. The fraction of sp³-hybridized carbons (Fsp3) is 0.300. The minimum Gasteiger partial charge on any atom is -0.543 e. The highest BCUT2D eigenvalue weighted by atomic mass is 32.2. The third kappa shape index (κ3) is 5.83. The van der Waals surface area contributed by atoms with E-state index in [1.165, 1.54) is 23.8 Å². The Balaban J connectivity index is 1.06. The molecule has 0 bridgehead atoms. The van der Waals surface area contributed by atoms with Crippen molar-refractivity contribution in [2.45, 2.75) is 43.4 Å². The lowest BCUT2D eigenvalue weighted by molar-refractivity contribution is -0.661. The van der Waals surface area contributed by atoms with Crippen LogP contribution in [0.15, 0.2) is 75.7 Å². The van der Waals surface area contributed by atoms with Crippen LogP contribution in [0, 0.1) is 0 Å². The number of β-lactam (4-membered cyclic amide) rings is 1. The Morgan fingerprint density at radius 2 is 2.00 bits per heavy atom. The first-order valence-corrected chi connectivity index (χ1v) is 16.6. The van der Waals surface area contributed by atoms with Gasteiger partial charge in [0.05, 0.1) is 36.5 Å². The number of amides is 2. The van der Waals surface area contributed by atoms with Gasteiger partial charge in [0.2, 0.25) is 0 Å². The number of hydrogen-bond donors (Lipinski definition) is 3. The van der Waals surface area contributed by atoms with Gasteiger partial charge < -0.3 is 31.5 Å². The SMILES string of the molecule is CO/N=C(\C(=O)N[C@@H]1C(=O)N2C(C(=O)[O-])=C(Cn3ccc4n3cc[n+]4Cc3ccc(C(N)=NC4CC4)cc3)CS[C@H]12)c1csc(N)n1. The summed E-state index contributed by atoms with van der Waals surface area (Å²) < 4.78 is 5.88. The van der Waals surface area contributed by atoms with Gasteiger partial charge >= 0.3 is 5.65 Å². The molecule has 7 rings (SSSR count). The molecule has 4 aromatic rings. The number of carbonyl (C=O) groups is 3. The van der Waals surface area contributed by atoms with E-state index >= 15 is 0 Å². The monoisotopic (exact) mass is 674 g/mol. The molecule has 242 valence electrons. The Bertz CT molecular complexity index is 1990. The predicted molar refractivity (Wildman–Crippen MR) is 172 cm³/mol. The van der Waals surface area contributed by atoms with Crippen molar-refractivity contribution in [3.8, 4) is 0 Å². The van der Waals surface area contributed by atoms with Crippen LogP contribution < -0.4 is 26.5 Å². The molecule has 47 heavy (non-hydrogen) atoms. The van der Waals surface area contributed by atoms with Crippen LogP contribution in [0.4, 0.5) is 5.13 Å². The van der Waals surface area contributed by atoms with Crippen LogP contribution in [0.2, 0.25) is 0 Å². The molecule has 0 spiro atoms. The lowest BCUT2D eigenvalue weighted by Crippen LogP contribution is -2.71. The molecule has 2 amide bonds. The van der Waals surface area contributed by atoms with Gasteiger partial charge in [-0.2, -0.15) is 0 Å². The van der Waals surface area contributed by atoms with Crippen LogP contribution in [0.25, 0.3) is 5.65 Å². The number of carboxylic acids is 1. The van der Waals surface area contributed by atoms with E-state index in [2.05, 4.69) is 25.0 Å². The summed E-state index contributed by atoms with van der Waals surface area (Å²) in [5.74, 6) is -1.84. The number of carboxylic acid groups (broad SMARTS) is 1. The summed E-state index contributed by atoms with van der Waals surface area (Å²) in [7, 11) is 1.28. The molecule has 2 atom stereocenters. The first-order valence-electron chi connectivity index (χ1n) is 14.7. The zero-order valence-electron chi connectivity index (χ0n) is 25.1. The number of oxime groups is 1. The molecular weight excluding hydrogens is 645 g/mol. The summed E-state index contributed by atoms with van der Waals surface area (Å²) in [5.41, 5.74) is 15.1. The van der Waals surface area contributed by atoms with Gasteiger partial charge in [-0.3, -0.25) is 19.5 Å². The number of rotatable bonds is 11. The zero-order valence-corrected chi connectivity index (χ0v) is 26.7. The van der Waals surface area contributed by atoms with E-state index in [1.54, 1.807) is 5.38 Å². The molecule has 5 N–H and O–H groups in total. The number of benzene rings is 1. The summed E-state index contributed by atoms with van der Waals surface area (Å²) in [4.78, 5) is 53.2. The highest BCUT2D eigenvalue weighted by molar-refractivity contribution is 8.00. The first-order chi connectivity index (χ1) is 22.7. The topological polar surface area (TPSA) is 202 Å². The lowest BCUT2D eigenvalue weighted by atomic mass is 10.0. The Labute approximate surface area is 276 Å². The van der Waals surface area contributed by atoms with Crippen molar-refractivity contribution in [2.24, 2.45) is 15.9 Å². The Hall–Kier alpha value is -5.16. The second kappa shape index (κ2) is 12.2. The second-order valence-electron chi connectivity index (χ2n) is 11.3. The van der Waals surface area contributed by atoms with Crippen LogP contribution in [-0.4, -0.2) is 78.7 Å². The quantitative estimate of drug-likeness (QED) is 0.0613. The molecule has 1 saturated heterocycles. The van der Waals surface area contributed by atoms with Crippen molar-refractivity contribution in [3.05, 3.63) is 82.4 Å². The summed E-state index contributed by atoms with van der Waals surface area (Å²) in [6.45, 7) is 0.833. The number of thiazole rings is 1. The number of hydrogen-bond acceptors (Lipinski definition) is 11. The van der Waals surface area contributed by atoms with E-state index in [-0.39, 0.29) is 28.8 Å². The maximum Gasteiger partial charge on any atom is 0.307 e. The number of aliphatic imine (C=N–C) groups is 1. The molecule has 0 radical (unpaired) electrons. The Morgan fingerprint density at radius 1 is 1.21 bits per heavy atom. The molecule has 2 fully saturated rings. The molecule has 0 unspecified atom stereocenters. The van der Waals surface area contributed by atoms with Crippen LogP contribution in [-0.2, 0) is 32.3 Å². The van der Waals surface area contributed by atoms with E-state index in [4.69, 9.17) is 16.3 Å². The minimum absolute atomic E-state index is 0.149. The molecule has 1 aromatic carbocycles. The molecular formula is C30H30N10O5S2. The maximum absolute atomic E-state index is 13.3. The lowest BCUT2D eigenvalue weighted by Gasteiger charge is -2.50. The number of anilines is 1. The van der Waals surface area contributed by atoms with Gasteiger partial charge in [-0.25, -0.2) is 14.2 Å². The standard InChI is InChI=1S/C30H30N10O5S2/c1-45-36-22(20-15-47-30(32)34-20)26(41)35-23-27(42)40-24(29(43)44)18(14-46-28(23)40)13-38-9-8-21-37(10-11-39(21)38)12-16-2-4-17(5-3-16)25(31)33-19-6-7-19/h2-5,8-11,15,19,23,28H,6-7,12-14H2,1H3,(H5-,31,32,33,34,35,41,43,44)/b36-22-/t23-,28-/m1/s1. The van der Waals surface area contributed by atoms with E-state index in [0.717, 1.165) is 41.0 Å². The third-order valence-corrected chi connectivity index (χ3v) is 10.1. The number of nitrogens with two attached hydrogens (primary N) is 2. The van der Waals surface area contributed by atoms with Gasteiger partial charge in [0.1, 0.15) is 42.8 Å². The molecule has 17 heteroatoms. The van der Waals surface area contributed by atoms with E-state index in [0.29, 0.717) is 29.7 Å². The van der Waals surface area contributed by atoms with Crippen LogP contribution in [0.5, 0.6) is 0 Å². The summed E-state index contributed by atoms with van der Waals surface area (Å²) in [6, 6.07) is 9.36. The second-order valence-corrected chi connectivity index (χ2v) is 13.3. The van der Waals surface area contributed by atoms with Crippen molar-refractivity contribution < 1.29 is 28.9 Å². The molecule has 3 aliphatic rings. The van der Waals surface area contributed by atoms with Gasteiger partial charge in [-0.15, -0.1) is 27.6 Å². The first kappa shape index (κ1) is 30.5.